The van der Waals surface area contributed by atoms with Gasteiger partial charge in [0.15, 0.2) is 0 Å². The molecule has 0 spiro atoms. The predicted octanol–water partition coefficient (Wildman–Crippen LogP) is 0.218. The molecule has 0 atom stereocenters. The summed E-state index contributed by atoms with van der Waals surface area (Å²) < 4.78 is 5.55. The lowest BCUT2D eigenvalue weighted by atomic mass is 10.1. The Kier molecular flexibility index (Phi) is 3.06. The van der Waals surface area contributed by atoms with E-state index in [0.29, 0.717) is 24.5 Å². The van der Waals surface area contributed by atoms with Crippen molar-refractivity contribution in [1.82, 2.24) is 10.6 Å². The van der Waals surface area contributed by atoms with E-state index >= 15 is 0 Å². The topological polar surface area (TPSA) is 53.6 Å². The Morgan fingerprint density at radius 1 is 1.17 bits per heavy atom. The van der Waals surface area contributed by atoms with Crippen LogP contribution in [0.25, 0.3) is 0 Å². The first-order valence-electron chi connectivity index (χ1n) is 6.35. The second-order valence-corrected chi connectivity index (χ2v) is 4.52. The SMILES string of the molecule is O=C1NCCOc2ccc(N3CCNCC3)cc21. The minimum atomic E-state index is -0.0421. The molecule has 3 rings (SSSR count). The molecule has 2 heterocycles. The van der Waals surface area contributed by atoms with Gasteiger partial charge in [0.2, 0.25) is 0 Å². The maximum atomic E-state index is 11.9. The number of nitrogens with zero attached hydrogens (tertiary/aromatic N) is 1. The van der Waals surface area contributed by atoms with Crippen molar-refractivity contribution in [3.8, 4) is 5.75 Å². The number of piperazine rings is 1. The van der Waals surface area contributed by atoms with Gasteiger partial charge in [-0.15, -0.1) is 0 Å². The van der Waals surface area contributed by atoms with Gasteiger partial charge in [0.25, 0.3) is 5.91 Å². The highest BCUT2D eigenvalue weighted by atomic mass is 16.5. The van der Waals surface area contributed by atoms with Crippen molar-refractivity contribution in [2.45, 2.75) is 0 Å². The van der Waals surface area contributed by atoms with Crippen LogP contribution in [-0.2, 0) is 0 Å². The highest BCUT2D eigenvalue weighted by Crippen LogP contribution is 2.26. The van der Waals surface area contributed by atoms with Crippen LogP contribution in [0.5, 0.6) is 5.75 Å². The molecular formula is C13H17N3O2. The van der Waals surface area contributed by atoms with Crippen molar-refractivity contribution in [3.05, 3.63) is 23.8 Å². The molecule has 1 amide bonds. The van der Waals surface area contributed by atoms with Gasteiger partial charge >= 0.3 is 0 Å². The smallest absolute Gasteiger partial charge is 0.255 e. The number of carbonyl (C=O) groups is 1. The number of anilines is 1. The summed E-state index contributed by atoms with van der Waals surface area (Å²) in [7, 11) is 0. The third-order valence-corrected chi connectivity index (χ3v) is 3.34. The first-order valence-corrected chi connectivity index (χ1v) is 6.35. The molecule has 0 radical (unpaired) electrons. The van der Waals surface area contributed by atoms with Crippen LogP contribution in [0.15, 0.2) is 18.2 Å². The molecule has 1 fully saturated rings. The van der Waals surface area contributed by atoms with Gasteiger partial charge in [0.05, 0.1) is 12.1 Å². The van der Waals surface area contributed by atoms with E-state index in [1.807, 2.05) is 18.2 Å². The maximum Gasteiger partial charge on any atom is 0.255 e. The molecule has 0 aliphatic carbocycles. The Hall–Kier alpha value is -1.75. The summed E-state index contributed by atoms with van der Waals surface area (Å²) in [6.45, 7) is 5.02. The van der Waals surface area contributed by atoms with Crippen LogP contribution in [0.1, 0.15) is 10.4 Å². The number of carbonyl (C=O) groups excluding carboxylic acids is 1. The standard InChI is InChI=1S/C13H17N3O2/c17-13-11-9-10(16-6-3-14-4-7-16)1-2-12(11)18-8-5-15-13/h1-2,9,14H,3-8H2,(H,15,17). The largest absolute Gasteiger partial charge is 0.491 e. The van der Waals surface area contributed by atoms with Crippen LogP contribution in [0, 0.1) is 0 Å². The Bertz CT molecular complexity index is 456. The molecule has 1 aromatic rings. The van der Waals surface area contributed by atoms with Gasteiger partial charge < -0.3 is 20.3 Å². The number of amides is 1. The summed E-state index contributed by atoms with van der Waals surface area (Å²) in [4.78, 5) is 14.2. The van der Waals surface area contributed by atoms with Crippen molar-refractivity contribution in [3.63, 3.8) is 0 Å². The van der Waals surface area contributed by atoms with E-state index in [0.717, 1.165) is 31.9 Å². The van der Waals surface area contributed by atoms with E-state index in [-0.39, 0.29) is 5.91 Å². The molecule has 5 nitrogen and oxygen atoms in total. The van der Waals surface area contributed by atoms with Crippen molar-refractivity contribution >= 4 is 11.6 Å². The number of benzene rings is 1. The van der Waals surface area contributed by atoms with Crippen molar-refractivity contribution in [1.29, 1.82) is 0 Å². The van der Waals surface area contributed by atoms with Gasteiger partial charge in [-0.05, 0) is 18.2 Å². The van der Waals surface area contributed by atoms with E-state index in [2.05, 4.69) is 15.5 Å². The van der Waals surface area contributed by atoms with E-state index in [4.69, 9.17) is 4.74 Å². The molecule has 0 bridgehead atoms. The number of hydrogen-bond acceptors (Lipinski definition) is 4. The normalized spacial score (nSPS) is 19.6. The first-order chi connectivity index (χ1) is 8.84. The number of ether oxygens (including phenoxy) is 1. The predicted molar refractivity (Wildman–Crippen MR) is 69.4 cm³/mol. The van der Waals surface area contributed by atoms with Crippen LogP contribution in [0.3, 0.4) is 0 Å². The summed E-state index contributed by atoms with van der Waals surface area (Å²) in [6.07, 6.45) is 0. The molecule has 2 aliphatic rings. The Morgan fingerprint density at radius 3 is 2.83 bits per heavy atom. The molecular weight excluding hydrogens is 230 g/mol. The molecule has 18 heavy (non-hydrogen) atoms. The molecule has 0 saturated carbocycles. The number of rotatable bonds is 1. The van der Waals surface area contributed by atoms with Crippen LogP contribution in [0.4, 0.5) is 5.69 Å². The summed E-state index contributed by atoms with van der Waals surface area (Å²) in [5.41, 5.74) is 1.74. The Balaban J connectivity index is 1.91. The van der Waals surface area contributed by atoms with Crippen molar-refractivity contribution in [2.24, 2.45) is 0 Å². The highest BCUT2D eigenvalue weighted by Gasteiger charge is 2.19. The Morgan fingerprint density at radius 2 is 2.00 bits per heavy atom. The average Bonchev–Trinajstić information content (AvgIpc) is 2.62. The van der Waals surface area contributed by atoms with Crippen LogP contribution < -0.4 is 20.3 Å². The van der Waals surface area contributed by atoms with E-state index in [1.165, 1.54) is 0 Å². The van der Waals surface area contributed by atoms with Crippen molar-refractivity contribution < 1.29 is 9.53 Å². The first kappa shape index (κ1) is 11.3. The zero-order valence-corrected chi connectivity index (χ0v) is 10.2. The zero-order chi connectivity index (χ0) is 12.4. The molecule has 1 saturated heterocycles. The monoisotopic (exact) mass is 247 g/mol. The summed E-state index contributed by atoms with van der Waals surface area (Å²) in [5.74, 6) is 0.642. The number of nitrogens with one attached hydrogen (secondary N) is 2. The summed E-state index contributed by atoms with van der Waals surface area (Å²) in [6, 6.07) is 5.86. The van der Waals surface area contributed by atoms with Gasteiger partial charge in [-0.3, -0.25) is 4.79 Å². The van der Waals surface area contributed by atoms with E-state index in [9.17, 15) is 4.79 Å². The van der Waals surface area contributed by atoms with Gasteiger partial charge in [-0.25, -0.2) is 0 Å². The molecule has 2 aliphatic heterocycles. The fourth-order valence-electron chi connectivity index (χ4n) is 2.36. The average molecular weight is 247 g/mol. The molecule has 0 aromatic heterocycles. The summed E-state index contributed by atoms with van der Waals surface area (Å²) in [5, 5.41) is 6.16. The minimum absolute atomic E-state index is 0.0421. The summed E-state index contributed by atoms with van der Waals surface area (Å²) >= 11 is 0. The van der Waals surface area contributed by atoms with E-state index < -0.39 is 0 Å². The lowest BCUT2D eigenvalue weighted by Crippen LogP contribution is -2.43. The number of fused-ring (bicyclic) bond motifs is 1. The second kappa shape index (κ2) is 4.86. The molecule has 96 valence electrons. The minimum Gasteiger partial charge on any atom is -0.491 e. The molecule has 2 N–H and O–H groups in total. The maximum absolute atomic E-state index is 11.9. The van der Waals surface area contributed by atoms with Gasteiger partial charge in [-0.1, -0.05) is 0 Å². The molecule has 0 unspecified atom stereocenters. The molecule has 5 heteroatoms. The lowest BCUT2D eigenvalue weighted by molar-refractivity contribution is 0.0957. The third kappa shape index (κ3) is 2.13. The van der Waals surface area contributed by atoms with Gasteiger partial charge in [-0.2, -0.15) is 0 Å². The fourth-order valence-corrected chi connectivity index (χ4v) is 2.36. The Labute approximate surface area is 106 Å². The highest BCUT2D eigenvalue weighted by molar-refractivity contribution is 5.98. The zero-order valence-electron chi connectivity index (χ0n) is 10.2. The molecule has 1 aromatic carbocycles. The third-order valence-electron chi connectivity index (χ3n) is 3.34. The van der Waals surface area contributed by atoms with Crippen LogP contribution in [0.2, 0.25) is 0 Å². The second-order valence-electron chi connectivity index (χ2n) is 4.52. The van der Waals surface area contributed by atoms with Crippen LogP contribution in [-0.4, -0.2) is 45.2 Å². The van der Waals surface area contributed by atoms with Gasteiger partial charge in [0, 0.05) is 31.9 Å². The van der Waals surface area contributed by atoms with Crippen LogP contribution >= 0.6 is 0 Å². The quantitative estimate of drug-likeness (QED) is 0.745. The van der Waals surface area contributed by atoms with E-state index in [1.54, 1.807) is 0 Å². The lowest BCUT2D eigenvalue weighted by Gasteiger charge is -2.29. The van der Waals surface area contributed by atoms with Gasteiger partial charge in [0.1, 0.15) is 12.4 Å². The number of hydrogen-bond donors (Lipinski definition) is 2. The fraction of sp³-hybridized carbons (Fsp3) is 0.462. The van der Waals surface area contributed by atoms with Crippen molar-refractivity contribution in [2.75, 3.05) is 44.2 Å².